The Morgan fingerprint density at radius 2 is 1.64 bits per heavy atom. The van der Waals surface area contributed by atoms with Gasteiger partial charge in [-0.25, -0.2) is 4.79 Å². The van der Waals surface area contributed by atoms with E-state index in [0.717, 1.165) is 40.9 Å². The Morgan fingerprint density at radius 3 is 2.43 bits per heavy atom. The van der Waals surface area contributed by atoms with Crippen LogP contribution in [0.15, 0.2) is 88.1 Å². The van der Waals surface area contributed by atoms with Gasteiger partial charge in [-0.1, -0.05) is 60.7 Å². The van der Waals surface area contributed by atoms with Crippen molar-refractivity contribution in [3.05, 3.63) is 100 Å². The highest BCUT2D eigenvalue weighted by Gasteiger charge is 2.25. The van der Waals surface area contributed by atoms with Crippen molar-refractivity contribution < 1.29 is 14.1 Å². The second-order valence-electron chi connectivity index (χ2n) is 7.14. The number of fused-ring (bicyclic) bond motifs is 3. The molecule has 0 radical (unpaired) electrons. The smallest absolute Gasteiger partial charge is 0.336 e. The van der Waals surface area contributed by atoms with E-state index >= 15 is 0 Å². The average Bonchev–Trinajstić information content (AvgIpc) is 2.74. The summed E-state index contributed by atoms with van der Waals surface area (Å²) < 4.78 is 11.7. The largest absolute Gasteiger partial charge is 0.445 e. The molecule has 1 aromatic heterocycles. The molecule has 0 saturated heterocycles. The molecule has 4 nitrogen and oxygen atoms in total. The van der Waals surface area contributed by atoms with E-state index in [9.17, 15) is 4.79 Å². The van der Waals surface area contributed by atoms with E-state index in [0.29, 0.717) is 12.3 Å². The molecule has 4 aromatic rings. The van der Waals surface area contributed by atoms with Crippen molar-refractivity contribution in [3.8, 4) is 16.9 Å². The SMILES string of the molecule is O=c1cc(-c2ccccc2)c2ccc3c(c2o1)C[NH+](Cc1ccccc1)CO3. The minimum Gasteiger partial charge on any atom is -0.445 e. The third kappa shape index (κ3) is 3.08. The molecule has 0 bridgehead atoms. The number of rotatable bonds is 3. The third-order valence-electron chi connectivity index (χ3n) is 5.21. The molecule has 1 atom stereocenters. The Labute approximate surface area is 162 Å². The molecule has 28 heavy (non-hydrogen) atoms. The maximum atomic E-state index is 12.3. The normalized spacial score (nSPS) is 15.8. The van der Waals surface area contributed by atoms with Gasteiger partial charge in [0.1, 0.15) is 18.8 Å². The predicted molar refractivity (Wildman–Crippen MR) is 108 cm³/mol. The number of nitrogens with one attached hydrogen (secondary N) is 1. The Balaban J connectivity index is 1.59. The molecule has 1 aliphatic heterocycles. The van der Waals surface area contributed by atoms with Crippen molar-refractivity contribution in [3.63, 3.8) is 0 Å². The first-order chi connectivity index (χ1) is 13.8. The van der Waals surface area contributed by atoms with Crippen LogP contribution in [0.5, 0.6) is 5.75 Å². The van der Waals surface area contributed by atoms with E-state index < -0.39 is 0 Å². The van der Waals surface area contributed by atoms with Gasteiger partial charge in [0.25, 0.3) is 0 Å². The number of ether oxygens (including phenoxy) is 1. The number of hydrogen-bond donors (Lipinski definition) is 1. The van der Waals surface area contributed by atoms with Gasteiger partial charge in [-0.05, 0) is 23.3 Å². The molecule has 0 fully saturated rings. The summed E-state index contributed by atoms with van der Waals surface area (Å²) in [5, 5.41) is 0.939. The molecule has 4 heteroatoms. The lowest BCUT2D eigenvalue weighted by atomic mass is 9.99. The Bertz CT molecular complexity index is 1180. The first-order valence-electron chi connectivity index (χ1n) is 9.43. The molecule has 0 saturated carbocycles. The minimum atomic E-state index is -0.338. The average molecular weight is 370 g/mol. The molecule has 5 rings (SSSR count). The molecule has 0 aliphatic carbocycles. The number of benzene rings is 3. The summed E-state index contributed by atoms with van der Waals surface area (Å²) in [6.07, 6.45) is 0. The summed E-state index contributed by atoms with van der Waals surface area (Å²) in [6.45, 7) is 2.21. The first-order valence-corrected chi connectivity index (χ1v) is 9.43. The van der Waals surface area contributed by atoms with E-state index in [2.05, 4.69) is 12.1 Å². The maximum Gasteiger partial charge on any atom is 0.336 e. The van der Waals surface area contributed by atoms with Crippen LogP contribution in [0.2, 0.25) is 0 Å². The van der Waals surface area contributed by atoms with E-state index in [-0.39, 0.29) is 5.63 Å². The van der Waals surface area contributed by atoms with Crippen molar-refractivity contribution in [2.24, 2.45) is 0 Å². The van der Waals surface area contributed by atoms with Crippen molar-refractivity contribution in [2.75, 3.05) is 6.73 Å². The van der Waals surface area contributed by atoms with Gasteiger partial charge in [-0.2, -0.15) is 0 Å². The third-order valence-corrected chi connectivity index (χ3v) is 5.21. The lowest BCUT2D eigenvalue weighted by Crippen LogP contribution is -3.10. The summed E-state index contributed by atoms with van der Waals surface area (Å²) in [5.41, 5.74) is 4.42. The van der Waals surface area contributed by atoms with E-state index in [1.807, 2.05) is 60.7 Å². The van der Waals surface area contributed by atoms with Crippen LogP contribution in [-0.2, 0) is 13.1 Å². The Hall–Kier alpha value is -3.37. The Kier molecular flexibility index (Phi) is 4.18. The first kappa shape index (κ1) is 16.8. The summed E-state index contributed by atoms with van der Waals surface area (Å²) >= 11 is 0. The summed E-state index contributed by atoms with van der Waals surface area (Å²) in [6, 6.07) is 25.9. The van der Waals surface area contributed by atoms with Crippen LogP contribution in [0.4, 0.5) is 0 Å². The van der Waals surface area contributed by atoms with Crippen LogP contribution >= 0.6 is 0 Å². The summed E-state index contributed by atoms with van der Waals surface area (Å²) in [7, 11) is 0. The number of hydrogen-bond acceptors (Lipinski definition) is 3. The predicted octanol–water partition coefficient (Wildman–Crippen LogP) is 3.40. The lowest BCUT2D eigenvalue weighted by Gasteiger charge is -2.26. The molecule has 1 N–H and O–H groups in total. The van der Waals surface area contributed by atoms with Crippen LogP contribution in [0, 0.1) is 0 Å². The van der Waals surface area contributed by atoms with Crippen LogP contribution in [0.1, 0.15) is 11.1 Å². The minimum absolute atomic E-state index is 0.338. The topological polar surface area (TPSA) is 43.9 Å². The van der Waals surface area contributed by atoms with Gasteiger partial charge in [-0.3, -0.25) is 4.90 Å². The zero-order valence-corrected chi connectivity index (χ0v) is 15.4. The van der Waals surface area contributed by atoms with Crippen molar-refractivity contribution in [2.45, 2.75) is 13.1 Å². The zero-order valence-electron chi connectivity index (χ0n) is 15.4. The molecule has 1 aliphatic rings. The maximum absolute atomic E-state index is 12.3. The van der Waals surface area contributed by atoms with E-state index in [1.54, 1.807) is 6.07 Å². The van der Waals surface area contributed by atoms with Crippen LogP contribution in [-0.4, -0.2) is 6.73 Å². The molecular formula is C24H20NO3+. The van der Waals surface area contributed by atoms with Crippen molar-refractivity contribution in [1.29, 1.82) is 0 Å². The monoisotopic (exact) mass is 370 g/mol. The molecule has 0 spiro atoms. The molecular weight excluding hydrogens is 350 g/mol. The fourth-order valence-corrected chi connectivity index (χ4v) is 3.90. The van der Waals surface area contributed by atoms with E-state index in [1.165, 1.54) is 10.5 Å². The molecule has 2 heterocycles. The van der Waals surface area contributed by atoms with Crippen molar-refractivity contribution >= 4 is 11.0 Å². The molecule has 1 unspecified atom stereocenters. The Morgan fingerprint density at radius 1 is 0.893 bits per heavy atom. The van der Waals surface area contributed by atoms with E-state index in [4.69, 9.17) is 9.15 Å². The molecule has 0 amide bonds. The van der Waals surface area contributed by atoms with Gasteiger partial charge in [0.2, 0.25) is 6.73 Å². The van der Waals surface area contributed by atoms with Gasteiger partial charge in [0.05, 0.1) is 5.56 Å². The van der Waals surface area contributed by atoms with Crippen LogP contribution in [0.25, 0.3) is 22.1 Å². The lowest BCUT2D eigenvalue weighted by molar-refractivity contribution is -0.945. The van der Waals surface area contributed by atoms with Crippen LogP contribution in [0.3, 0.4) is 0 Å². The van der Waals surface area contributed by atoms with Gasteiger partial charge >= 0.3 is 5.63 Å². The highest BCUT2D eigenvalue weighted by Crippen LogP contribution is 2.33. The highest BCUT2D eigenvalue weighted by atomic mass is 16.5. The van der Waals surface area contributed by atoms with Gasteiger partial charge in [0, 0.05) is 17.0 Å². The van der Waals surface area contributed by atoms with Crippen LogP contribution < -0.4 is 15.3 Å². The summed E-state index contributed by atoms with van der Waals surface area (Å²) in [5.74, 6) is 0.803. The second kappa shape index (κ2) is 6.98. The molecule has 3 aromatic carbocycles. The zero-order chi connectivity index (χ0) is 18.9. The summed E-state index contributed by atoms with van der Waals surface area (Å²) in [4.78, 5) is 13.6. The van der Waals surface area contributed by atoms with Gasteiger partial charge in [0.15, 0.2) is 5.58 Å². The molecule has 138 valence electrons. The van der Waals surface area contributed by atoms with Gasteiger partial charge in [-0.15, -0.1) is 0 Å². The number of quaternary nitrogens is 1. The standard InChI is InChI=1S/C24H19NO3/c26-23-13-20(18-9-5-2-6-10-18)19-11-12-22-21(24(19)28-23)15-25(16-27-22)14-17-7-3-1-4-8-17/h1-13H,14-16H2/p+1. The fourth-order valence-electron chi connectivity index (χ4n) is 3.90. The second-order valence-corrected chi connectivity index (χ2v) is 7.14. The quantitative estimate of drug-likeness (QED) is 0.562. The van der Waals surface area contributed by atoms with Crippen molar-refractivity contribution in [1.82, 2.24) is 0 Å². The van der Waals surface area contributed by atoms with Gasteiger partial charge < -0.3 is 9.15 Å². The fraction of sp³-hybridized carbons (Fsp3) is 0.125. The highest BCUT2D eigenvalue weighted by molar-refractivity contribution is 5.95.